The molecule has 0 amide bonds. The lowest BCUT2D eigenvalue weighted by Crippen LogP contribution is -2.43. The van der Waals surface area contributed by atoms with Crippen LogP contribution in [0.1, 0.15) is 66.7 Å². The molecule has 1 heteroatoms. The standard InChI is InChI=1S/C19H32O/c1-13(12-20-6)15-8-9-17(2,3)19-10-7-14(11-19)18(4,5)16(15)19/h13-14H,7-12H2,1-6H3/t13?,14-,19-/m0/s1. The Morgan fingerprint density at radius 2 is 1.90 bits per heavy atom. The number of ether oxygens (including phenoxy) is 1. The lowest BCUT2D eigenvalue weighted by atomic mass is 9.51. The highest BCUT2D eigenvalue weighted by Crippen LogP contribution is 2.75. The van der Waals surface area contributed by atoms with Crippen molar-refractivity contribution in [2.75, 3.05) is 13.7 Å². The van der Waals surface area contributed by atoms with Crippen LogP contribution in [-0.2, 0) is 4.74 Å². The highest BCUT2D eigenvalue weighted by atomic mass is 16.5. The molecule has 0 N–H and O–H groups in total. The van der Waals surface area contributed by atoms with Gasteiger partial charge in [-0.3, -0.25) is 0 Å². The third-order valence-corrected chi connectivity index (χ3v) is 7.31. The van der Waals surface area contributed by atoms with Crippen molar-refractivity contribution in [3.8, 4) is 0 Å². The van der Waals surface area contributed by atoms with E-state index in [1.165, 1.54) is 32.1 Å². The van der Waals surface area contributed by atoms with E-state index in [9.17, 15) is 0 Å². The van der Waals surface area contributed by atoms with E-state index in [1.54, 1.807) is 5.57 Å². The third-order valence-electron chi connectivity index (χ3n) is 7.31. The molecule has 2 fully saturated rings. The lowest BCUT2D eigenvalue weighted by molar-refractivity contribution is 0.0778. The summed E-state index contributed by atoms with van der Waals surface area (Å²) in [5.41, 5.74) is 5.05. The molecule has 3 aliphatic carbocycles. The first-order valence-corrected chi connectivity index (χ1v) is 8.49. The second-order valence-electron chi connectivity index (χ2n) is 8.88. The maximum atomic E-state index is 5.47. The summed E-state index contributed by atoms with van der Waals surface area (Å²) in [5, 5.41) is 0. The molecule has 3 aliphatic rings. The zero-order valence-electron chi connectivity index (χ0n) is 14.3. The number of rotatable bonds is 3. The summed E-state index contributed by atoms with van der Waals surface area (Å²) in [6, 6.07) is 0. The van der Waals surface area contributed by atoms with E-state index in [0.29, 0.717) is 22.2 Å². The molecule has 2 saturated carbocycles. The Balaban J connectivity index is 2.14. The minimum Gasteiger partial charge on any atom is -0.384 e. The number of fused-ring (bicyclic) bond motifs is 1. The minimum absolute atomic E-state index is 0.424. The minimum atomic E-state index is 0.424. The van der Waals surface area contributed by atoms with E-state index in [2.05, 4.69) is 34.6 Å². The number of methoxy groups -OCH3 is 1. The van der Waals surface area contributed by atoms with E-state index >= 15 is 0 Å². The Morgan fingerprint density at radius 3 is 2.55 bits per heavy atom. The van der Waals surface area contributed by atoms with Gasteiger partial charge in [-0.15, -0.1) is 0 Å². The quantitative estimate of drug-likeness (QED) is 0.643. The average Bonchev–Trinajstić information content (AvgIpc) is 2.87. The molecular weight excluding hydrogens is 244 g/mol. The van der Waals surface area contributed by atoms with Crippen LogP contribution in [0.3, 0.4) is 0 Å². The lowest BCUT2D eigenvalue weighted by Gasteiger charge is -2.53. The van der Waals surface area contributed by atoms with Crippen molar-refractivity contribution < 1.29 is 4.74 Å². The molecule has 1 nitrogen and oxygen atoms in total. The van der Waals surface area contributed by atoms with Gasteiger partial charge in [0.25, 0.3) is 0 Å². The van der Waals surface area contributed by atoms with Gasteiger partial charge in [-0.1, -0.05) is 45.8 Å². The zero-order chi connectivity index (χ0) is 14.8. The fraction of sp³-hybridized carbons (Fsp3) is 0.895. The van der Waals surface area contributed by atoms with Gasteiger partial charge in [-0.2, -0.15) is 0 Å². The molecule has 0 aromatic carbocycles. The molecule has 3 rings (SSSR count). The largest absolute Gasteiger partial charge is 0.384 e. The highest BCUT2D eigenvalue weighted by molar-refractivity contribution is 5.41. The summed E-state index contributed by atoms with van der Waals surface area (Å²) < 4.78 is 5.47. The molecule has 0 aliphatic heterocycles. The normalized spacial score (nSPS) is 39.0. The van der Waals surface area contributed by atoms with Crippen molar-refractivity contribution in [3.05, 3.63) is 11.1 Å². The van der Waals surface area contributed by atoms with Crippen LogP contribution in [0.5, 0.6) is 0 Å². The van der Waals surface area contributed by atoms with E-state index in [-0.39, 0.29) is 0 Å². The maximum Gasteiger partial charge on any atom is 0.0525 e. The highest BCUT2D eigenvalue weighted by Gasteiger charge is 2.65. The Kier molecular flexibility index (Phi) is 3.18. The molecule has 0 heterocycles. The molecule has 0 saturated heterocycles. The summed E-state index contributed by atoms with van der Waals surface area (Å²) in [7, 11) is 1.84. The number of hydrogen-bond donors (Lipinski definition) is 0. The van der Waals surface area contributed by atoms with E-state index in [0.717, 1.165) is 12.5 Å². The Hall–Kier alpha value is -0.300. The summed E-state index contributed by atoms with van der Waals surface area (Å²) in [4.78, 5) is 0. The van der Waals surface area contributed by atoms with Gasteiger partial charge in [0.05, 0.1) is 6.61 Å². The van der Waals surface area contributed by atoms with Crippen molar-refractivity contribution in [1.29, 1.82) is 0 Å². The van der Waals surface area contributed by atoms with Crippen LogP contribution >= 0.6 is 0 Å². The molecule has 1 spiro atoms. The SMILES string of the molecule is COCC(C)C1=C2C(C)(C)[C@H]3CC[C@@]2(C3)C(C)(C)CC1. The molecule has 3 atom stereocenters. The van der Waals surface area contributed by atoms with Crippen molar-refractivity contribution in [1.82, 2.24) is 0 Å². The number of allylic oxidation sites excluding steroid dienone is 1. The van der Waals surface area contributed by atoms with Gasteiger partial charge < -0.3 is 4.74 Å². The fourth-order valence-corrected chi connectivity index (χ4v) is 6.04. The van der Waals surface area contributed by atoms with Gasteiger partial charge in [0.1, 0.15) is 0 Å². The fourth-order valence-electron chi connectivity index (χ4n) is 6.04. The van der Waals surface area contributed by atoms with Crippen LogP contribution in [0.15, 0.2) is 11.1 Å². The van der Waals surface area contributed by atoms with Gasteiger partial charge in [-0.25, -0.2) is 0 Å². The van der Waals surface area contributed by atoms with Crippen LogP contribution in [0, 0.1) is 28.1 Å². The smallest absolute Gasteiger partial charge is 0.0525 e. The van der Waals surface area contributed by atoms with Gasteiger partial charge in [0, 0.05) is 13.0 Å². The van der Waals surface area contributed by atoms with Gasteiger partial charge in [-0.05, 0) is 54.3 Å². The maximum absolute atomic E-state index is 5.47. The monoisotopic (exact) mass is 276 g/mol. The second-order valence-corrected chi connectivity index (χ2v) is 8.88. The van der Waals surface area contributed by atoms with Crippen LogP contribution in [0.2, 0.25) is 0 Å². The van der Waals surface area contributed by atoms with Crippen LogP contribution in [0.25, 0.3) is 0 Å². The number of hydrogen-bond acceptors (Lipinski definition) is 1. The van der Waals surface area contributed by atoms with E-state index in [4.69, 9.17) is 4.74 Å². The van der Waals surface area contributed by atoms with Crippen LogP contribution in [0.4, 0.5) is 0 Å². The molecular formula is C19H32O. The van der Waals surface area contributed by atoms with Gasteiger partial charge in [0.15, 0.2) is 0 Å². The van der Waals surface area contributed by atoms with Crippen LogP contribution < -0.4 is 0 Å². The zero-order valence-corrected chi connectivity index (χ0v) is 14.3. The molecule has 2 bridgehead atoms. The average molecular weight is 276 g/mol. The third kappa shape index (κ3) is 1.65. The molecule has 0 radical (unpaired) electrons. The molecule has 20 heavy (non-hydrogen) atoms. The van der Waals surface area contributed by atoms with Gasteiger partial charge >= 0.3 is 0 Å². The van der Waals surface area contributed by atoms with E-state index in [1.807, 2.05) is 12.7 Å². The first kappa shape index (κ1) is 14.6. The molecule has 1 unspecified atom stereocenters. The predicted molar refractivity (Wildman–Crippen MR) is 84.6 cm³/mol. The summed E-state index contributed by atoms with van der Waals surface area (Å²) in [5.74, 6) is 1.52. The Morgan fingerprint density at radius 1 is 1.20 bits per heavy atom. The van der Waals surface area contributed by atoms with Crippen molar-refractivity contribution in [2.24, 2.45) is 28.1 Å². The summed E-state index contributed by atoms with van der Waals surface area (Å²) in [6.07, 6.45) is 7.00. The van der Waals surface area contributed by atoms with Crippen LogP contribution in [-0.4, -0.2) is 13.7 Å². The van der Waals surface area contributed by atoms with Crippen molar-refractivity contribution >= 4 is 0 Å². The summed E-state index contributed by atoms with van der Waals surface area (Å²) >= 11 is 0. The van der Waals surface area contributed by atoms with Crippen molar-refractivity contribution in [2.45, 2.75) is 66.7 Å². The molecule has 0 aromatic rings. The first-order valence-electron chi connectivity index (χ1n) is 8.49. The summed E-state index contributed by atoms with van der Waals surface area (Å²) in [6.45, 7) is 13.4. The topological polar surface area (TPSA) is 9.23 Å². The second kappa shape index (κ2) is 4.35. The van der Waals surface area contributed by atoms with Crippen molar-refractivity contribution in [3.63, 3.8) is 0 Å². The predicted octanol–water partition coefficient (Wildman–Crippen LogP) is 5.21. The Labute approximate surface area is 125 Å². The first-order chi connectivity index (χ1) is 9.26. The molecule has 114 valence electrons. The Bertz CT molecular complexity index is 443. The van der Waals surface area contributed by atoms with Gasteiger partial charge in [0.2, 0.25) is 0 Å². The van der Waals surface area contributed by atoms with E-state index < -0.39 is 0 Å². The molecule has 0 aromatic heterocycles.